The van der Waals surface area contributed by atoms with E-state index < -0.39 is 0 Å². The quantitative estimate of drug-likeness (QED) is 0.784. The molecule has 0 unspecified atom stereocenters. The largest absolute Gasteiger partial charge is 0.378 e. The molecule has 1 aromatic heterocycles. The maximum absolute atomic E-state index is 5.92. The van der Waals surface area contributed by atoms with Gasteiger partial charge in [-0.2, -0.15) is 0 Å². The summed E-state index contributed by atoms with van der Waals surface area (Å²) in [7, 11) is 0. The molecule has 0 amide bonds. The minimum Gasteiger partial charge on any atom is -0.378 e. The number of hydrogen-bond acceptors (Lipinski definition) is 5. The topological polar surface area (TPSA) is 59.1 Å². The highest BCUT2D eigenvalue weighted by atomic mass is 16.5. The minimum absolute atomic E-state index is 0.457. The van der Waals surface area contributed by atoms with Gasteiger partial charge in [-0.25, -0.2) is 9.97 Å². The number of rotatable bonds is 6. The van der Waals surface area contributed by atoms with Crippen molar-refractivity contribution in [2.45, 2.75) is 51.0 Å². The van der Waals surface area contributed by atoms with Gasteiger partial charge in [0.25, 0.3) is 0 Å². The molecule has 0 aromatic carbocycles. The molecule has 1 saturated heterocycles. The maximum atomic E-state index is 5.92. The van der Waals surface area contributed by atoms with Crippen LogP contribution in [-0.4, -0.2) is 42.3 Å². The van der Waals surface area contributed by atoms with Gasteiger partial charge in [-0.15, -0.1) is 0 Å². The Morgan fingerprint density at radius 3 is 2.95 bits per heavy atom. The van der Waals surface area contributed by atoms with E-state index in [4.69, 9.17) is 4.74 Å². The van der Waals surface area contributed by atoms with Crippen LogP contribution in [0.1, 0.15) is 43.4 Å². The molecule has 0 bridgehead atoms. The van der Waals surface area contributed by atoms with Crippen molar-refractivity contribution in [2.24, 2.45) is 0 Å². The zero-order chi connectivity index (χ0) is 14.3. The van der Waals surface area contributed by atoms with Crippen molar-refractivity contribution in [2.75, 3.05) is 31.6 Å². The van der Waals surface area contributed by atoms with E-state index in [1.54, 1.807) is 6.33 Å². The van der Waals surface area contributed by atoms with Gasteiger partial charge in [0.15, 0.2) is 0 Å². The number of fused-ring (bicyclic) bond motifs is 1. The Hall–Kier alpha value is -1.20. The standard InChI is InChI=1S/C16H26N4O/c1-2-5-15-14(4-1)16(20-12-19-15)18-8-3-11-21-13-6-9-17-10-7-13/h12-13,17H,1-11H2,(H,18,19,20). The molecular formula is C16H26N4O. The Labute approximate surface area is 126 Å². The second-order valence-corrected chi connectivity index (χ2v) is 5.96. The molecule has 1 aromatic rings. The van der Waals surface area contributed by atoms with Gasteiger partial charge in [-0.1, -0.05) is 0 Å². The molecule has 0 atom stereocenters. The molecule has 5 heteroatoms. The number of anilines is 1. The first-order valence-electron chi connectivity index (χ1n) is 8.32. The van der Waals surface area contributed by atoms with Crippen LogP contribution < -0.4 is 10.6 Å². The second kappa shape index (κ2) is 7.71. The van der Waals surface area contributed by atoms with Crippen LogP contribution in [0.15, 0.2) is 6.33 Å². The molecule has 0 radical (unpaired) electrons. The summed E-state index contributed by atoms with van der Waals surface area (Å²) >= 11 is 0. The zero-order valence-corrected chi connectivity index (χ0v) is 12.7. The fourth-order valence-corrected chi connectivity index (χ4v) is 3.16. The lowest BCUT2D eigenvalue weighted by molar-refractivity contribution is 0.0329. The van der Waals surface area contributed by atoms with E-state index >= 15 is 0 Å². The third-order valence-electron chi connectivity index (χ3n) is 4.38. The molecular weight excluding hydrogens is 264 g/mol. The number of nitrogens with zero attached hydrogens (tertiary/aromatic N) is 2. The van der Waals surface area contributed by atoms with Crippen molar-refractivity contribution < 1.29 is 4.74 Å². The number of aromatic nitrogens is 2. The van der Waals surface area contributed by atoms with E-state index in [-0.39, 0.29) is 0 Å². The fourth-order valence-electron chi connectivity index (χ4n) is 3.16. The third kappa shape index (κ3) is 4.14. The van der Waals surface area contributed by atoms with E-state index in [0.29, 0.717) is 6.10 Å². The molecule has 3 rings (SSSR count). The summed E-state index contributed by atoms with van der Waals surface area (Å²) < 4.78 is 5.92. The summed E-state index contributed by atoms with van der Waals surface area (Å²) in [5.74, 6) is 1.04. The Morgan fingerprint density at radius 1 is 1.19 bits per heavy atom. The fraction of sp³-hybridized carbons (Fsp3) is 0.750. The summed E-state index contributed by atoms with van der Waals surface area (Å²) in [6, 6.07) is 0. The van der Waals surface area contributed by atoms with E-state index in [2.05, 4.69) is 20.6 Å². The minimum atomic E-state index is 0.457. The van der Waals surface area contributed by atoms with E-state index in [1.807, 2.05) is 0 Å². The van der Waals surface area contributed by atoms with Crippen molar-refractivity contribution in [1.29, 1.82) is 0 Å². The van der Waals surface area contributed by atoms with Gasteiger partial charge >= 0.3 is 0 Å². The summed E-state index contributed by atoms with van der Waals surface area (Å²) in [4.78, 5) is 8.81. The second-order valence-electron chi connectivity index (χ2n) is 5.96. The lowest BCUT2D eigenvalue weighted by Gasteiger charge is -2.23. The van der Waals surface area contributed by atoms with Gasteiger partial charge in [-0.05, 0) is 58.0 Å². The first-order valence-corrected chi connectivity index (χ1v) is 8.32. The molecule has 0 saturated carbocycles. The summed E-state index contributed by atoms with van der Waals surface area (Å²) in [5.41, 5.74) is 2.58. The monoisotopic (exact) mass is 290 g/mol. The van der Waals surface area contributed by atoms with Crippen LogP contribution in [0.2, 0.25) is 0 Å². The third-order valence-corrected chi connectivity index (χ3v) is 4.38. The average Bonchev–Trinajstić information content (AvgIpc) is 2.56. The summed E-state index contributed by atoms with van der Waals surface area (Å²) in [6.07, 6.45) is 10.2. The number of aryl methyl sites for hydroxylation is 1. The Kier molecular flexibility index (Phi) is 5.40. The SMILES string of the molecule is c1nc2c(c(NCCCOC3CCNCC3)n1)CCCC2. The smallest absolute Gasteiger partial charge is 0.132 e. The molecule has 2 aliphatic rings. The molecule has 0 spiro atoms. The van der Waals surface area contributed by atoms with Crippen molar-refractivity contribution in [1.82, 2.24) is 15.3 Å². The molecule has 21 heavy (non-hydrogen) atoms. The van der Waals surface area contributed by atoms with Crippen molar-refractivity contribution in [3.05, 3.63) is 17.6 Å². The number of ether oxygens (including phenoxy) is 1. The van der Waals surface area contributed by atoms with Crippen molar-refractivity contribution >= 4 is 5.82 Å². The zero-order valence-electron chi connectivity index (χ0n) is 12.7. The number of piperidine rings is 1. The molecule has 116 valence electrons. The van der Waals surface area contributed by atoms with Crippen molar-refractivity contribution in [3.63, 3.8) is 0 Å². The summed E-state index contributed by atoms with van der Waals surface area (Å²) in [5, 5.41) is 6.83. The highest BCUT2D eigenvalue weighted by molar-refractivity contribution is 5.46. The predicted octanol–water partition coefficient (Wildman–Crippen LogP) is 1.93. The average molecular weight is 290 g/mol. The Morgan fingerprint density at radius 2 is 2.05 bits per heavy atom. The van der Waals surface area contributed by atoms with Crippen LogP contribution in [-0.2, 0) is 17.6 Å². The molecule has 2 N–H and O–H groups in total. The highest BCUT2D eigenvalue weighted by Gasteiger charge is 2.15. The molecule has 5 nitrogen and oxygen atoms in total. The van der Waals surface area contributed by atoms with Crippen LogP contribution in [0.4, 0.5) is 5.82 Å². The van der Waals surface area contributed by atoms with E-state index in [0.717, 1.165) is 64.2 Å². The summed E-state index contributed by atoms with van der Waals surface area (Å²) in [6.45, 7) is 3.95. The first kappa shape index (κ1) is 14.7. The molecule has 2 heterocycles. The van der Waals surface area contributed by atoms with E-state index in [1.165, 1.54) is 24.1 Å². The number of nitrogens with one attached hydrogen (secondary N) is 2. The van der Waals surface area contributed by atoms with E-state index in [9.17, 15) is 0 Å². The normalized spacial score (nSPS) is 19.2. The van der Waals surface area contributed by atoms with Gasteiger partial charge < -0.3 is 15.4 Å². The van der Waals surface area contributed by atoms with Crippen LogP contribution >= 0.6 is 0 Å². The Bertz CT molecular complexity index is 446. The van der Waals surface area contributed by atoms with Crippen molar-refractivity contribution in [3.8, 4) is 0 Å². The van der Waals surface area contributed by atoms with Crippen LogP contribution in [0, 0.1) is 0 Å². The molecule has 1 aliphatic carbocycles. The van der Waals surface area contributed by atoms with Gasteiger partial charge in [-0.3, -0.25) is 0 Å². The van der Waals surface area contributed by atoms with Gasteiger partial charge in [0, 0.05) is 24.4 Å². The first-order chi connectivity index (χ1) is 10.4. The van der Waals surface area contributed by atoms with Gasteiger partial charge in [0.1, 0.15) is 12.1 Å². The van der Waals surface area contributed by atoms with Crippen LogP contribution in [0.3, 0.4) is 0 Å². The van der Waals surface area contributed by atoms with Gasteiger partial charge in [0.05, 0.1) is 6.10 Å². The Balaban J connectivity index is 1.39. The van der Waals surface area contributed by atoms with Crippen LogP contribution in [0.5, 0.6) is 0 Å². The van der Waals surface area contributed by atoms with Crippen LogP contribution in [0.25, 0.3) is 0 Å². The highest BCUT2D eigenvalue weighted by Crippen LogP contribution is 2.24. The lowest BCUT2D eigenvalue weighted by atomic mass is 9.96. The predicted molar refractivity (Wildman–Crippen MR) is 83.6 cm³/mol. The number of hydrogen-bond donors (Lipinski definition) is 2. The maximum Gasteiger partial charge on any atom is 0.132 e. The van der Waals surface area contributed by atoms with Gasteiger partial charge in [0.2, 0.25) is 0 Å². The lowest BCUT2D eigenvalue weighted by Crippen LogP contribution is -2.32. The molecule has 1 aliphatic heterocycles. The molecule has 1 fully saturated rings.